The molecular formula is C13H14ClN3OS. The summed E-state index contributed by atoms with van der Waals surface area (Å²) in [6.07, 6.45) is 1.39. The van der Waals surface area contributed by atoms with Crippen LogP contribution in [-0.4, -0.2) is 10.9 Å². The van der Waals surface area contributed by atoms with Gasteiger partial charge in [-0.25, -0.2) is 4.98 Å². The standard InChI is InChI=1S/C13H14ClN3OS/c1-7-3-4-11(19-7)8(2)17-13(18)9-5-12(14)16-6-10(9)15/h3-6,8H,15H2,1-2H3,(H,17,18). The maximum absolute atomic E-state index is 12.1. The molecule has 1 unspecified atom stereocenters. The van der Waals surface area contributed by atoms with E-state index in [9.17, 15) is 4.79 Å². The zero-order valence-electron chi connectivity index (χ0n) is 10.6. The van der Waals surface area contributed by atoms with Crippen molar-refractivity contribution in [3.05, 3.63) is 44.9 Å². The van der Waals surface area contributed by atoms with Crippen LogP contribution < -0.4 is 11.1 Å². The highest BCUT2D eigenvalue weighted by Crippen LogP contribution is 2.23. The van der Waals surface area contributed by atoms with Gasteiger partial charge in [-0.15, -0.1) is 11.3 Å². The fraction of sp³-hybridized carbons (Fsp3) is 0.231. The van der Waals surface area contributed by atoms with Crippen LogP contribution in [0.1, 0.15) is 33.1 Å². The van der Waals surface area contributed by atoms with Gasteiger partial charge in [-0.05, 0) is 32.0 Å². The van der Waals surface area contributed by atoms with Gasteiger partial charge in [0.05, 0.1) is 23.5 Å². The number of carbonyl (C=O) groups is 1. The van der Waals surface area contributed by atoms with E-state index in [4.69, 9.17) is 17.3 Å². The Kier molecular flexibility index (Phi) is 4.07. The van der Waals surface area contributed by atoms with Crippen LogP contribution in [0, 0.1) is 6.92 Å². The van der Waals surface area contributed by atoms with Crippen molar-refractivity contribution in [3.63, 3.8) is 0 Å². The minimum atomic E-state index is -0.250. The summed E-state index contributed by atoms with van der Waals surface area (Å²) in [6, 6.07) is 5.43. The Morgan fingerprint density at radius 2 is 2.26 bits per heavy atom. The van der Waals surface area contributed by atoms with Crippen molar-refractivity contribution in [2.24, 2.45) is 0 Å². The first-order valence-corrected chi connectivity index (χ1v) is 6.95. The number of nitrogen functional groups attached to an aromatic ring is 1. The van der Waals surface area contributed by atoms with Gasteiger partial charge >= 0.3 is 0 Å². The molecule has 0 aliphatic carbocycles. The van der Waals surface area contributed by atoms with E-state index in [1.165, 1.54) is 17.1 Å². The van der Waals surface area contributed by atoms with Gasteiger partial charge in [0.1, 0.15) is 5.15 Å². The summed E-state index contributed by atoms with van der Waals surface area (Å²) in [7, 11) is 0. The summed E-state index contributed by atoms with van der Waals surface area (Å²) in [4.78, 5) is 18.3. The van der Waals surface area contributed by atoms with Crippen LogP contribution in [0.25, 0.3) is 0 Å². The number of rotatable bonds is 3. The Labute approximate surface area is 120 Å². The SMILES string of the molecule is Cc1ccc(C(C)NC(=O)c2cc(Cl)ncc2N)s1. The number of aromatic nitrogens is 1. The number of halogens is 1. The van der Waals surface area contributed by atoms with Crippen LogP contribution in [0.5, 0.6) is 0 Å². The molecule has 2 rings (SSSR count). The molecule has 2 aromatic heterocycles. The molecule has 0 aromatic carbocycles. The molecule has 1 amide bonds. The maximum atomic E-state index is 12.1. The van der Waals surface area contributed by atoms with Crippen LogP contribution in [-0.2, 0) is 0 Å². The van der Waals surface area contributed by atoms with Crippen LogP contribution in [0.4, 0.5) is 5.69 Å². The van der Waals surface area contributed by atoms with Crippen LogP contribution in [0.15, 0.2) is 24.4 Å². The molecule has 0 bridgehead atoms. The van der Waals surface area contributed by atoms with E-state index >= 15 is 0 Å². The minimum absolute atomic E-state index is 0.0717. The summed E-state index contributed by atoms with van der Waals surface area (Å²) in [5, 5.41) is 3.15. The lowest BCUT2D eigenvalue weighted by atomic mass is 10.2. The number of pyridine rings is 1. The van der Waals surface area contributed by atoms with E-state index in [0.717, 1.165) is 4.88 Å². The lowest BCUT2D eigenvalue weighted by molar-refractivity contribution is 0.0941. The first-order chi connectivity index (χ1) is 8.97. The zero-order valence-corrected chi connectivity index (χ0v) is 12.2. The third-order valence-electron chi connectivity index (χ3n) is 2.68. The van der Waals surface area contributed by atoms with E-state index in [1.54, 1.807) is 11.3 Å². The quantitative estimate of drug-likeness (QED) is 0.855. The molecule has 0 aliphatic heterocycles. The molecule has 0 aliphatic rings. The summed E-state index contributed by atoms with van der Waals surface area (Å²) >= 11 is 7.43. The normalized spacial score (nSPS) is 12.2. The molecule has 3 N–H and O–H groups in total. The Hall–Kier alpha value is -1.59. The molecule has 0 radical (unpaired) electrons. The monoisotopic (exact) mass is 295 g/mol. The number of anilines is 1. The van der Waals surface area contributed by atoms with Gasteiger partial charge in [-0.3, -0.25) is 4.79 Å². The zero-order chi connectivity index (χ0) is 14.0. The number of hydrogen-bond donors (Lipinski definition) is 2. The van der Waals surface area contributed by atoms with Crippen molar-refractivity contribution in [1.82, 2.24) is 10.3 Å². The highest BCUT2D eigenvalue weighted by atomic mass is 35.5. The van der Waals surface area contributed by atoms with Crippen LogP contribution >= 0.6 is 22.9 Å². The largest absolute Gasteiger partial charge is 0.397 e. The molecule has 6 heteroatoms. The number of nitrogens with one attached hydrogen (secondary N) is 1. The van der Waals surface area contributed by atoms with Gasteiger partial charge < -0.3 is 11.1 Å². The Balaban J connectivity index is 2.15. The summed E-state index contributed by atoms with van der Waals surface area (Å²) in [5.41, 5.74) is 6.39. The molecule has 2 heterocycles. The summed E-state index contributed by atoms with van der Waals surface area (Å²) in [6.45, 7) is 3.96. The first-order valence-electron chi connectivity index (χ1n) is 5.75. The number of hydrogen-bond acceptors (Lipinski definition) is 4. The molecule has 19 heavy (non-hydrogen) atoms. The predicted octanol–water partition coefficient (Wildman–Crippen LogP) is 3.18. The average Bonchev–Trinajstić information content (AvgIpc) is 2.79. The van der Waals surface area contributed by atoms with Gasteiger partial charge in [0, 0.05) is 9.75 Å². The number of carbonyl (C=O) groups excluding carboxylic acids is 1. The van der Waals surface area contributed by atoms with E-state index < -0.39 is 0 Å². The van der Waals surface area contributed by atoms with Crippen molar-refractivity contribution in [3.8, 4) is 0 Å². The number of amides is 1. The molecule has 0 fully saturated rings. The van der Waals surface area contributed by atoms with E-state index in [2.05, 4.69) is 10.3 Å². The number of nitrogens with two attached hydrogens (primary N) is 1. The predicted molar refractivity (Wildman–Crippen MR) is 78.6 cm³/mol. The molecule has 4 nitrogen and oxygen atoms in total. The lowest BCUT2D eigenvalue weighted by Crippen LogP contribution is -2.27. The maximum Gasteiger partial charge on any atom is 0.254 e. The molecule has 2 aromatic rings. The van der Waals surface area contributed by atoms with Crippen molar-refractivity contribution in [2.45, 2.75) is 19.9 Å². The van der Waals surface area contributed by atoms with Gasteiger partial charge in [0.15, 0.2) is 0 Å². The Morgan fingerprint density at radius 3 is 2.89 bits per heavy atom. The second-order valence-corrected chi connectivity index (χ2v) is 5.94. The fourth-order valence-corrected chi connectivity index (χ4v) is 2.71. The van der Waals surface area contributed by atoms with Crippen molar-refractivity contribution >= 4 is 34.5 Å². The number of thiophene rings is 1. The van der Waals surface area contributed by atoms with Crippen molar-refractivity contribution in [1.29, 1.82) is 0 Å². The fourth-order valence-electron chi connectivity index (χ4n) is 1.67. The third-order valence-corrected chi connectivity index (χ3v) is 4.07. The Bertz CT molecular complexity index is 612. The topological polar surface area (TPSA) is 68.0 Å². The first kappa shape index (κ1) is 13.8. The third kappa shape index (κ3) is 3.24. The van der Waals surface area contributed by atoms with Crippen LogP contribution in [0.2, 0.25) is 5.15 Å². The summed E-state index contributed by atoms with van der Waals surface area (Å²) in [5.74, 6) is -0.250. The molecule has 0 saturated heterocycles. The molecule has 0 spiro atoms. The van der Waals surface area contributed by atoms with Gasteiger partial charge in [-0.2, -0.15) is 0 Å². The van der Waals surface area contributed by atoms with E-state index in [0.29, 0.717) is 11.3 Å². The number of aryl methyl sites for hydroxylation is 1. The molecule has 1 atom stereocenters. The molecule has 0 saturated carbocycles. The second-order valence-electron chi connectivity index (χ2n) is 4.24. The average molecular weight is 296 g/mol. The Morgan fingerprint density at radius 1 is 1.53 bits per heavy atom. The van der Waals surface area contributed by atoms with Crippen LogP contribution in [0.3, 0.4) is 0 Å². The molecular weight excluding hydrogens is 282 g/mol. The number of nitrogens with zero attached hydrogens (tertiary/aromatic N) is 1. The van der Waals surface area contributed by atoms with E-state index in [-0.39, 0.29) is 17.1 Å². The molecule has 100 valence electrons. The van der Waals surface area contributed by atoms with Gasteiger partial charge in [0.2, 0.25) is 0 Å². The highest BCUT2D eigenvalue weighted by molar-refractivity contribution is 7.12. The summed E-state index contributed by atoms with van der Waals surface area (Å²) < 4.78 is 0. The second kappa shape index (κ2) is 5.59. The van der Waals surface area contributed by atoms with Crippen molar-refractivity contribution in [2.75, 3.05) is 5.73 Å². The van der Waals surface area contributed by atoms with Gasteiger partial charge in [0.25, 0.3) is 5.91 Å². The minimum Gasteiger partial charge on any atom is -0.397 e. The smallest absolute Gasteiger partial charge is 0.254 e. The lowest BCUT2D eigenvalue weighted by Gasteiger charge is -2.13. The van der Waals surface area contributed by atoms with E-state index in [1.807, 2.05) is 26.0 Å². The highest BCUT2D eigenvalue weighted by Gasteiger charge is 2.15. The van der Waals surface area contributed by atoms with Gasteiger partial charge in [-0.1, -0.05) is 11.6 Å². The van der Waals surface area contributed by atoms with Crippen molar-refractivity contribution < 1.29 is 4.79 Å².